The fourth-order valence-corrected chi connectivity index (χ4v) is 2.36. The molecule has 0 aromatic carbocycles. The molecule has 0 aliphatic rings. The second-order valence-electron chi connectivity index (χ2n) is 6.04. The van der Waals surface area contributed by atoms with Crippen molar-refractivity contribution in [3.05, 3.63) is 29.7 Å². The smallest absolute Gasteiger partial charge is 0.145 e. The number of aromatic nitrogens is 3. The monoisotopic (exact) mass is 273 g/mol. The van der Waals surface area contributed by atoms with E-state index in [2.05, 4.69) is 38.9 Å². The highest BCUT2D eigenvalue weighted by Crippen LogP contribution is 2.34. The van der Waals surface area contributed by atoms with Crippen LogP contribution in [0, 0.1) is 0 Å². The number of nitrogens with zero attached hydrogens (tertiary/aromatic N) is 3. The Kier molecular flexibility index (Phi) is 3.84. The standard InChI is InChI=1S/C16H23N3O/c1-7-13-12(16(2,3)4)8-14(20-6)15(18-13)11-9-17-19(5)10-11/h8-10H,7H2,1-6H3. The molecule has 2 heterocycles. The molecule has 108 valence electrons. The first-order chi connectivity index (χ1) is 9.36. The first kappa shape index (κ1) is 14.6. The third-order valence-corrected chi connectivity index (χ3v) is 3.41. The Morgan fingerprint density at radius 3 is 2.45 bits per heavy atom. The van der Waals surface area contributed by atoms with Crippen LogP contribution in [-0.2, 0) is 18.9 Å². The molecule has 4 heteroatoms. The molecule has 20 heavy (non-hydrogen) atoms. The van der Waals surface area contributed by atoms with Gasteiger partial charge in [-0.2, -0.15) is 5.10 Å². The highest BCUT2D eigenvalue weighted by molar-refractivity contribution is 5.66. The predicted octanol–water partition coefficient (Wildman–Crippen LogP) is 3.35. The van der Waals surface area contributed by atoms with Gasteiger partial charge in [0.2, 0.25) is 0 Å². The third kappa shape index (κ3) is 2.69. The molecule has 0 N–H and O–H groups in total. The number of ether oxygens (including phenoxy) is 1. The lowest BCUT2D eigenvalue weighted by molar-refractivity contribution is 0.411. The summed E-state index contributed by atoms with van der Waals surface area (Å²) in [5, 5.41) is 4.22. The molecular weight excluding hydrogens is 250 g/mol. The molecule has 0 spiro atoms. The predicted molar refractivity (Wildman–Crippen MR) is 81.1 cm³/mol. The Labute approximate surface area is 120 Å². The summed E-state index contributed by atoms with van der Waals surface area (Å²) in [6.07, 6.45) is 4.69. The number of aryl methyl sites for hydroxylation is 2. The van der Waals surface area contributed by atoms with Crippen molar-refractivity contribution in [3.8, 4) is 17.0 Å². The summed E-state index contributed by atoms with van der Waals surface area (Å²) in [6.45, 7) is 8.74. The Morgan fingerprint density at radius 2 is 2.00 bits per heavy atom. The van der Waals surface area contributed by atoms with Gasteiger partial charge in [0.15, 0.2) is 0 Å². The highest BCUT2D eigenvalue weighted by Gasteiger charge is 2.22. The van der Waals surface area contributed by atoms with Crippen molar-refractivity contribution in [1.82, 2.24) is 14.8 Å². The summed E-state index contributed by atoms with van der Waals surface area (Å²) in [5.74, 6) is 0.806. The van der Waals surface area contributed by atoms with Crippen molar-refractivity contribution in [2.24, 2.45) is 7.05 Å². The summed E-state index contributed by atoms with van der Waals surface area (Å²) in [5.41, 5.74) is 4.27. The van der Waals surface area contributed by atoms with Crippen LogP contribution in [0.2, 0.25) is 0 Å². The highest BCUT2D eigenvalue weighted by atomic mass is 16.5. The molecule has 4 nitrogen and oxygen atoms in total. The first-order valence-electron chi connectivity index (χ1n) is 6.94. The van der Waals surface area contributed by atoms with Crippen LogP contribution in [0.4, 0.5) is 0 Å². The van der Waals surface area contributed by atoms with E-state index in [0.29, 0.717) is 0 Å². The van der Waals surface area contributed by atoms with E-state index >= 15 is 0 Å². The molecule has 0 saturated carbocycles. The number of pyridine rings is 1. The van der Waals surface area contributed by atoms with Crippen LogP contribution in [0.5, 0.6) is 5.75 Å². The lowest BCUT2D eigenvalue weighted by Crippen LogP contribution is -2.16. The SMILES string of the molecule is CCc1nc(-c2cnn(C)c2)c(OC)cc1C(C)(C)C. The molecule has 0 atom stereocenters. The summed E-state index contributed by atoms with van der Waals surface area (Å²) in [6, 6.07) is 2.12. The quantitative estimate of drug-likeness (QED) is 0.861. The molecule has 2 aromatic rings. The van der Waals surface area contributed by atoms with Gasteiger partial charge >= 0.3 is 0 Å². The van der Waals surface area contributed by atoms with Gasteiger partial charge in [-0.3, -0.25) is 4.68 Å². The zero-order valence-electron chi connectivity index (χ0n) is 13.2. The molecule has 2 aromatic heterocycles. The molecule has 0 bridgehead atoms. The largest absolute Gasteiger partial charge is 0.494 e. The van der Waals surface area contributed by atoms with Crippen molar-refractivity contribution in [1.29, 1.82) is 0 Å². The van der Waals surface area contributed by atoms with E-state index in [-0.39, 0.29) is 5.41 Å². The molecule has 2 rings (SSSR count). The molecule has 0 aliphatic heterocycles. The van der Waals surface area contributed by atoms with Crippen molar-refractivity contribution < 1.29 is 4.74 Å². The second-order valence-corrected chi connectivity index (χ2v) is 6.04. The lowest BCUT2D eigenvalue weighted by Gasteiger charge is -2.23. The van der Waals surface area contributed by atoms with Gasteiger partial charge in [0, 0.05) is 24.5 Å². The van der Waals surface area contributed by atoms with E-state index in [4.69, 9.17) is 9.72 Å². The maximum absolute atomic E-state index is 5.54. The molecule has 0 amide bonds. The van der Waals surface area contributed by atoms with Gasteiger partial charge in [0.25, 0.3) is 0 Å². The van der Waals surface area contributed by atoms with Crippen LogP contribution in [0.15, 0.2) is 18.5 Å². The van der Waals surface area contributed by atoms with Crippen molar-refractivity contribution >= 4 is 0 Å². The Balaban J connectivity index is 2.64. The summed E-state index contributed by atoms with van der Waals surface area (Å²) in [7, 11) is 3.59. The Hall–Kier alpha value is -1.84. The van der Waals surface area contributed by atoms with Crippen LogP contribution in [0.3, 0.4) is 0 Å². The fourth-order valence-electron chi connectivity index (χ4n) is 2.36. The lowest BCUT2D eigenvalue weighted by atomic mass is 9.84. The van der Waals surface area contributed by atoms with Gasteiger partial charge in [-0.25, -0.2) is 4.98 Å². The van der Waals surface area contributed by atoms with Gasteiger partial charge in [0.05, 0.1) is 13.3 Å². The van der Waals surface area contributed by atoms with Crippen LogP contribution >= 0.6 is 0 Å². The van der Waals surface area contributed by atoms with Crippen molar-refractivity contribution in [3.63, 3.8) is 0 Å². The Morgan fingerprint density at radius 1 is 1.30 bits per heavy atom. The van der Waals surface area contributed by atoms with Crippen LogP contribution in [-0.4, -0.2) is 21.9 Å². The average molecular weight is 273 g/mol. The molecule has 0 unspecified atom stereocenters. The van der Waals surface area contributed by atoms with Crippen molar-refractivity contribution in [2.75, 3.05) is 7.11 Å². The molecule has 0 fully saturated rings. The fraction of sp³-hybridized carbons (Fsp3) is 0.500. The van der Waals surface area contributed by atoms with E-state index in [1.165, 1.54) is 5.56 Å². The average Bonchev–Trinajstić information content (AvgIpc) is 2.82. The van der Waals surface area contributed by atoms with E-state index in [1.54, 1.807) is 11.8 Å². The van der Waals surface area contributed by atoms with Gasteiger partial charge in [-0.1, -0.05) is 27.7 Å². The first-order valence-corrected chi connectivity index (χ1v) is 6.94. The normalized spacial score (nSPS) is 11.7. The molecule has 0 aliphatic carbocycles. The number of rotatable bonds is 3. The molecule has 0 radical (unpaired) electrons. The van der Waals surface area contributed by atoms with E-state index < -0.39 is 0 Å². The molecule has 0 saturated heterocycles. The van der Waals surface area contributed by atoms with Gasteiger partial charge < -0.3 is 4.74 Å². The van der Waals surface area contributed by atoms with Crippen LogP contribution in [0.1, 0.15) is 39.0 Å². The number of methoxy groups -OCH3 is 1. The van der Waals surface area contributed by atoms with Crippen molar-refractivity contribution in [2.45, 2.75) is 39.5 Å². The zero-order valence-corrected chi connectivity index (χ0v) is 13.2. The third-order valence-electron chi connectivity index (χ3n) is 3.41. The molecular formula is C16H23N3O. The van der Waals surface area contributed by atoms with E-state index in [0.717, 1.165) is 29.1 Å². The zero-order chi connectivity index (χ0) is 14.9. The maximum atomic E-state index is 5.54. The van der Waals surface area contributed by atoms with Gasteiger partial charge in [0.1, 0.15) is 11.4 Å². The topological polar surface area (TPSA) is 39.9 Å². The summed E-state index contributed by atoms with van der Waals surface area (Å²) in [4.78, 5) is 4.83. The van der Waals surface area contributed by atoms with E-state index in [9.17, 15) is 0 Å². The number of hydrogen-bond donors (Lipinski definition) is 0. The summed E-state index contributed by atoms with van der Waals surface area (Å²) >= 11 is 0. The maximum Gasteiger partial charge on any atom is 0.145 e. The summed E-state index contributed by atoms with van der Waals surface area (Å²) < 4.78 is 7.32. The second kappa shape index (κ2) is 5.27. The number of hydrogen-bond acceptors (Lipinski definition) is 3. The van der Waals surface area contributed by atoms with Gasteiger partial charge in [-0.15, -0.1) is 0 Å². The van der Waals surface area contributed by atoms with Gasteiger partial charge in [-0.05, 0) is 23.5 Å². The van der Waals surface area contributed by atoms with Crippen LogP contribution in [0.25, 0.3) is 11.3 Å². The van der Waals surface area contributed by atoms with Crippen LogP contribution < -0.4 is 4.74 Å². The van der Waals surface area contributed by atoms with E-state index in [1.807, 2.05) is 19.4 Å². The minimum Gasteiger partial charge on any atom is -0.494 e. The minimum atomic E-state index is 0.0547. The Bertz CT molecular complexity index is 609. The minimum absolute atomic E-state index is 0.0547.